The predicted octanol–water partition coefficient (Wildman–Crippen LogP) is -1.09. The molecule has 2 saturated heterocycles. The molecule has 7 heteroatoms. The van der Waals surface area contributed by atoms with Crippen molar-refractivity contribution < 1.29 is 18.0 Å². The van der Waals surface area contributed by atoms with Crippen molar-refractivity contribution in [2.45, 2.75) is 25.3 Å². The maximum absolute atomic E-state index is 11.6. The molecule has 0 unspecified atom stereocenters. The first-order valence-electron chi connectivity index (χ1n) is 5.74. The highest BCUT2D eigenvalue weighted by Crippen LogP contribution is 2.12. The van der Waals surface area contributed by atoms with Gasteiger partial charge in [0.15, 0.2) is 9.84 Å². The number of carbonyl (C=O) groups is 2. The van der Waals surface area contributed by atoms with E-state index in [1.165, 1.54) is 4.90 Å². The van der Waals surface area contributed by atoms with E-state index in [9.17, 15) is 18.0 Å². The van der Waals surface area contributed by atoms with E-state index in [2.05, 4.69) is 5.32 Å². The summed E-state index contributed by atoms with van der Waals surface area (Å²) >= 11 is 0. The second kappa shape index (κ2) is 4.64. The topological polar surface area (TPSA) is 83.6 Å². The quantitative estimate of drug-likeness (QED) is 0.699. The molecule has 0 spiro atoms. The minimum absolute atomic E-state index is 0.000747. The number of nitrogens with one attached hydrogen (secondary N) is 1. The van der Waals surface area contributed by atoms with E-state index in [1.807, 2.05) is 0 Å². The van der Waals surface area contributed by atoms with Gasteiger partial charge in [-0.3, -0.25) is 9.59 Å². The van der Waals surface area contributed by atoms with E-state index in [0.29, 0.717) is 19.4 Å². The van der Waals surface area contributed by atoms with E-state index >= 15 is 0 Å². The smallest absolute Gasteiger partial charge is 0.239 e. The standard InChI is InChI=1S/C10H16N2O4S/c13-9(6-12-4-1-2-10(12)14)11-8-3-5-17(15,16)7-8/h8H,1-7H2,(H,11,13)/t8-/m0/s1. The van der Waals surface area contributed by atoms with E-state index in [0.717, 1.165) is 6.42 Å². The molecule has 0 bridgehead atoms. The molecule has 6 nitrogen and oxygen atoms in total. The summed E-state index contributed by atoms with van der Waals surface area (Å²) in [5, 5.41) is 2.67. The molecule has 2 fully saturated rings. The molecule has 0 aliphatic carbocycles. The highest BCUT2D eigenvalue weighted by Gasteiger charge is 2.30. The van der Waals surface area contributed by atoms with Crippen LogP contribution in [0.4, 0.5) is 0 Å². The zero-order valence-electron chi connectivity index (χ0n) is 9.52. The van der Waals surface area contributed by atoms with E-state index in [-0.39, 0.29) is 35.9 Å². The molecule has 2 rings (SSSR count). The minimum Gasteiger partial charge on any atom is -0.351 e. The minimum atomic E-state index is -2.97. The summed E-state index contributed by atoms with van der Waals surface area (Å²) in [4.78, 5) is 24.4. The van der Waals surface area contributed by atoms with E-state index in [1.54, 1.807) is 0 Å². The fraction of sp³-hybridized carbons (Fsp3) is 0.800. The molecule has 2 aliphatic rings. The number of hydrogen-bond acceptors (Lipinski definition) is 4. The van der Waals surface area contributed by atoms with Gasteiger partial charge in [-0.05, 0) is 12.8 Å². The van der Waals surface area contributed by atoms with Gasteiger partial charge in [0, 0.05) is 19.0 Å². The van der Waals surface area contributed by atoms with Gasteiger partial charge in [-0.1, -0.05) is 0 Å². The molecular formula is C10H16N2O4S. The Hall–Kier alpha value is -1.11. The number of nitrogens with zero attached hydrogens (tertiary/aromatic N) is 1. The molecule has 0 aromatic rings. The SMILES string of the molecule is O=C(CN1CCCC1=O)N[C@H]1CCS(=O)(=O)C1. The highest BCUT2D eigenvalue weighted by molar-refractivity contribution is 7.91. The van der Waals surface area contributed by atoms with Crippen molar-refractivity contribution in [3.63, 3.8) is 0 Å². The average Bonchev–Trinajstić information content (AvgIpc) is 2.74. The third-order valence-corrected chi connectivity index (χ3v) is 4.87. The maximum Gasteiger partial charge on any atom is 0.239 e. The molecule has 2 amide bonds. The first-order valence-corrected chi connectivity index (χ1v) is 7.56. The van der Waals surface area contributed by atoms with Crippen LogP contribution >= 0.6 is 0 Å². The third-order valence-electron chi connectivity index (χ3n) is 3.10. The van der Waals surface area contributed by atoms with Gasteiger partial charge < -0.3 is 10.2 Å². The van der Waals surface area contributed by atoms with Crippen LogP contribution in [0.3, 0.4) is 0 Å². The molecule has 0 aromatic carbocycles. The van der Waals surface area contributed by atoms with Gasteiger partial charge in [0.2, 0.25) is 11.8 Å². The largest absolute Gasteiger partial charge is 0.351 e. The molecule has 17 heavy (non-hydrogen) atoms. The first kappa shape index (κ1) is 12.3. The summed E-state index contributed by atoms with van der Waals surface area (Å²) in [6, 6.07) is -0.287. The van der Waals surface area contributed by atoms with Crippen LogP contribution in [0.5, 0.6) is 0 Å². The lowest BCUT2D eigenvalue weighted by molar-refractivity contribution is -0.133. The summed E-state index contributed by atoms with van der Waals surface area (Å²) in [6.45, 7) is 0.671. The number of carbonyl (C=O) groups excluding carboxylic acids is 2. The van der Waals surface area contributed by atoms with Crippen LogP contribution in [0.15, 0.2) is 0 Å². The van der Waals surface area contributed by atoms with Gasteiger partial charge in [-0.25, -0.2) is 8.42 Å². The monoisotopic (exact) mass is 260 g/mol. The summed E-state index contributed by atoms with van der Waals surface area (Å²) in [7, 11) is -2.97. The second-order valence-electron chi connectivity index (χ2n) is 4.59. The van der Waals surface area contributed by atoms with Gasteiger partial charge in [0.05, 0.1) is 18.1 Å². The van der Waals surface area contributed by atoms with Crippen molar-refractivity contribution in [3.8, 4) is 0 Å². The normalized spacial score (nSPS) is 27.4. The zero-order chi connectivity index (χ0) is 12.5. The van der Waals surface area contributed by atoms with Crippen LogP contribution in [0.25, 0.3) is 0 Å². The van der Waals surface area contributed by atoms with Crippen LogP contribution in [0.2, 0.25) is 0 Å². The fourth-order valence-corrected chi connectivity index (χ4v) is 3.90. The number of sulfone groups is 1. The lowest BCUT2D eigenvalue weighted by atomic mass is 10.2. The predicted molar refractivity (Wildman–Crippen MR) is 61.0 cm³/mol. The average molecular weight is 260 g/mol. The molecule has 2 aliphatic heterocycles. The molecule has 2 heterocycles. The van der Waals surface area contributed by atoms with Crippen LogP contribution < -0.4 is 5.32 Å². The van der Waals surface area contributed by atoms with Crippen molar-refractivity contribution in [3.05, 3.63) is 0 Å². The maximum atomic E-state index is 11.6. The van der Waals surface area contributed by atoms with Crippen LogP contribution in [0.1, 0.15) is 19.3 Å². The molecule has 0 aromatic heterocycles. The molecular weight excluding hydrogens is 244 g/mol. The lowest BCUT2D eigenvalue weighted by Crippen LogP contribution is -2.42. The third kappa shape index (κ3) is 3.18. The number of rotatable bonds is 3. The van der Waals surface area contributed by atoms with Crippen LogP contribution in [0, 0.1) is 0 Å². The lowest BCUT2D eigenvalue weighted by Gasteiger charge is -2.17. The first-order chi connectivity index (χ1) is 7.96. The molecule has 0 saturated carbocycles. The Kier molecular flexibility index (Phi) is 3.37. The van der Waals surface area contributed by atoms with Gasteiger partial charge in [0.25, 0.3) is 0 Å². The molecule has 96 valence electrons. The van der Waals surface area contributed by atoms with Crippen molar-refractivity contribution in [2.75, 3.05) is 24.6 Å². The van der Waals surface area contributed by atoms with Crippen molar-refractivity contribution in [1.29, 1.82) is 0 Å². The van der Waals surface area contributed by atoms with E-state index in [4.69, 9.17) is 0 Å². The number of likely N-dealkylation sites (tertiary alicyclic amines) is 1. The Morgan fingerprint density at radius 1 is 1.47 bits per heavy atom. The molecule has 1 N–H and O–H groups in total. The molecule has 0 radical (unpaired) electrons. The second-order valence-corrected chi connectivity index (χ2v) is 6.82. The van der Waals surface area contributed by atoms with Gasteiger partial charge in [-0.2, -0.15) is 0 Å². The summed E-state index contributed by atoms with van der Waals surface area (Å²) in [5.41, 5.74) is 0. The van der Waals surface area contributed by atoms with Gasteiger partial charge in [-0.15, -0.1) is 0 Å². The Morgan fingerprint density at radius 2 is 2.24 bits per heavy atom. The summed E-state index contributed by atoms with van der Waals surface area (Å²) in [5.74, 6) is -0.102. The Balaban J connectivity index is 1.80. The summed E-state index contributed by atoms with van der Waals surface area (Å²) < 4.78 is 22.4. The van der Waals surface area contributed by atoms with Gasteiger partial charge >= 0.3 is 0 Å². The van der Waals surface area contributed by atoms with Crippen molar-refractivity contribution in [1.82, 2.24) is 10.2 Å². The van der Waals surface area contributed by atoms with Crippen LogP contribution in [-0.4, -0.2) is 55.8 Å². The van der Waals surface area contributed by atoms with Gasteiger partial charge in [0.1, 0.15) is 0 Å². The van der Waals surface area contributed by atoms with Crippen molar-refractivity contribution in [2.24, 2.45) is 0 Å². The molecule has 1 atom stereocenters. The number of hydrogen-bond donors (Lipinski definition) is 1. The van der Waals surface area contributed by atoms with E-state index < -0.39 is 9.84 Å². The summed E-state index contributed by atoms with van der Waals surface area (Å²) in [6.07, 6.45) is 1.77. The Morgan fingerprint density at radius 3 is 2.76 bits per heavy atom. The zero-order valence-corrected chi connectivity index (χ0v) is 10.3. The Labute approximate surface area is 100 Å². The van der Waals surface area contributed by atoms with Crippen LogP contribution in [-0.2, 0) is 19.4 Å². The highest BCUT2D eigenvalue weighted by atomic mass is 32.2. The fourth-order valence-electron chi connectivity index (χ4n) is 2.23. The van der Waals surface area contributed by atoms with Crippen molar-refractivity contribution >= 4 is 21.7 Å². The Bertz CT molecular complexity index is 432. The number of amides is 2.